The average molecular weight is 255 g/mol. The number of methoxy groups -OCH3 is 1. The molecule has 0 saturated heterocycles. The Kier molecular flexibility index (Phi) is 9.85. The van der Waals surface area contributed by atoms with Crippen LogP contribution < -0.4 is 5.14 Å². The Morgan fingerprint density at radius 2 is 1.50 bits per heavy atom. The van der Waals surface area contributed by atoms with Crippen LogP contribution in [-0.2, 0) is 24.2 Å². The van der Waals surface area contributed by atoms with Gasteiger partial charge in [-0.1, -0.05) is 0 Å². The molecule has 2 N–H and O–H groups in total. The lowest BCUT2D eigenvalue weighted by Gasteiger charge is -2.04. The van der Waals surface area contributed by atoms with Crippen LogP contribution in [0, 0.1) is 0 Å². The maximum Gasteiger partial charge on any atom is 0.209 e. The number of ether oxygens (including phenoxy) is 3. The number of nitrogens with two attached hydrogens (primary N) is 1. The van der Waals surface area contributed by atoms with Gasteiger partial charge in [0.1, 0.15) is 0 Å². The van der Waals surface area contributed by atoms with Crippen molar-refractivity contribution < 1.29 is 22.6 Å². The van der Waals surface area contributed by atoms with E-state index in [-0.39, 0.29) is 5.75 Å². The van der Waals surface area contributed by atoms with Crippen LogP contribution in [0.4, 0.5) is 0 Å². The predicted molar refractivity (Wildman–Crippen MR) is 60.7 cm³/mol. The number of rotatable bonds is 11. The van der Waals surface area contributed by atoms with E-state index in [0.29, 0.717) is 39.5 Å². The fourth-order valence-corrected chi connectivity index (χ4v) is 1.49. The Bertz CT molecular complexity index is 242. The van der Waals surface area contributed by atoms with Gasteiger partial charge in [0.2, 0.25) is 10.0 Å². The van der Waals surface area contributed by atoms with Crippen molar-refractivity contribution in [1.82, 2.24) is 0 Å². The molecule has 0 aromatic rings. The SMILES string of the molecule is COCCOCCCOCCCS(N)(=O)=O. The van der Waals surface area contributed by atoms with Crippen LogP contribution >= 0.6 is 0 Å². The van der Waals surface area contributed by atoms with Gasteiger partial charge in [-0.2, -0.15) is 0 Å². The van der Waals surface area contributed by atoms with Gasteiger partial charge in [-0.15, -0.1) is 0 Å². The summed E-state index contributed by atoms with van der Waals surface area (Å²) in [6.45, 7) is 2.78. The van der Waals surface area contributed by atoms with Gasteiger partial charge < -0.3 is 14.2 Å². The van der Waals surface area contributed by atoms with Crippen molar-refractivity contribution in [3.63, 3.8) is 0 Å². The largest absolute Gasteiger partial charge is 0.382 e. The third kappa shape index (κ3) is 13.8. The fourth-order valence-electron chi connectivity index (χ4n) is 0.972. The molecule has 6 nitrogen and oxygen atoms in total. The summed E-state index contributed by atoms with van der Waals surface area (Å²) in [4.78, 5) is 0. The summed E-state index contributed by atoms with van der Waals surface area (Å²) < 4.78 is 36.3. The van der Waals surface area contributed by atoms with Crippen molar-refractivity contribution in [2.24, 2.45) is 5.14 Å². The molecule has 0 radical (unpaired) electrons. The normalized spacial score (nSPS) is 11.9. The third-order valence-corrected chi connectivity index (χ3v) is 2.58. The van der Waals surface area contributed by atoms with Gasteiger partial charge in [0.05, 0.1) is 19.0 Å². The van der Waals surface area contributed by atoms with Gasteiger partial charge >= 0.3 is 0 Å². The lowest BCUT2D eigenvalue weighted by Crippen LogP contribution is -2.17. The molecular formula is C9H21NO5S. The third-order valence-electron chi connectivity index (χ3n) is 1.73. The maximum absolute atomic E-state index is 10.6. The van der Waals surface area contributed by atoms with Crippen LogP contribution in [0.1, 0.15) is 12.8 Å². The smallest absolute Gasteiger partial charge is 0.209 e. The van der Waals surface area contributed by atoms with Crippen LogP contribution in [0.25, 0.3) is 0 Å². The van der Waals surface area contributed by atoms with Gasteiger partial charge in [-0.25, -0.2) is 13.6 Å². The first kappa shape index (κ1) is 15.8. The molecule has 0 unspecified atom stereocenters. The average Bonchev–Trinajstić information content (AvgIpc) is 2.19. The van der Waals surface area contributed by atoms with Crippen LogP contribution in [0.2, 0.25) is 0 Å². The van der Waals surface area contributed by atoms with E-state index in [1.807, 2.05) is 0 Å². The highest BCUT2D eigenvalue weighted by atomic mass is 32.2. The van der Waals surface area contributed by atoms with Gasteiger partial charge in [0.25, 0.3) is 0 Å². The van der Waals surface area contributed by atoms with Crippen LogP contribution in [0.5, 0.6) is 0 Å². The van der Waals surface area contributed by atoms with Gasteiger partial charge in [-0.3, -0.25) is 0 Å². The Labute approximate surface area is 97.1 Å². The van der Waals surface area contributed by atoms with E-state index in [1.165, 1.54) is 0 Å². The molecule has 16 heavy (non-hydrogen) atoms. The van der Waals surface area contributed by atoms with Gasteiger partial charge in [0, 0.05) is 26.9 Å². The van der Waals surface area contributed by atoms with Crippen molar-refractivity contribution in [2.75, 3.05) is 45.9 Å². The second-order valence-corrected chi connectivity index (χ2v) is 5.03. The Balaban J connectivity index is 3.05. The molecule has 0 heterocycles. The van der Waals surface area contributed by atoms with Crippen LogP contribution in [-0.4, -0.2) is 54.3 Å². The molecule has 0 aromatic heterocycles. The molecular weight excluding hydrogens is 234 g/mol. The van der Waals surface area contributed by atoms with E-state index in [9.17, 15) is 8.42 Å². The van der Waals surface area contributed by atoms with Crippen LogP contribution in [0.15, 0.2) is 0 Å². The fraction of sp³-hybridized carbons (Fsp3) is 1.00. The summed E-state index contributed by atoms with van der Waals surface area (Å²) in [5, 5.41) is 4.83. The van der Waals surface area contributed by atoms with Crippen molar-refractivity contribution in [3.8, 4) is 0 Å². The summed E-state index contributed by atoms with van der Waals surface area (Å²) >= 11 is 0. The van der Waals surface area contributed by atoms with Crippen molar-refractivity contribution in [1.29, 1.82) is 0 Å². The molecule has 0 fully saturated rings. The maximum atomic E-state index is 10.6. The molecule has 0 aliphatic rings. The first-order chi connectivity index (χ1) is 7.56. The van der Waals surface area contributed by atoms with E-state index < -0.39 is 10.0 Å². The predicted octanol–water partition coefficient (Wildman–Crippen LogP) is -0.265. The monoisotopic (exact) mass is 255 g/mol. The highest BCUT2D eigenvalue weighted by molar-refractivity contribution is 7.89. The number of primary sulfonamides is 1. The van der Waals surface area contributed by atoms with E-state index in [0.717, 1.165) is 6.42 Å². The minimum absolute atomic E-state index is 0.0304. The quantitative estimate of drug-likeness (QED) is 0.514. The van der Waals surface area contributed by atoms with E-state index >= 15 is 0 Å². The summed E-state index contributed by atoms with van der Waals surface area (Å²) in [6.07, 6.45) is 1.22. The summed E-state index contributed by atoms with van der Waals surface area (Å²) in [6, 6.07) is 0. The van der Waals surface area contributed by atoms with Crippen molar-refractivity contribution in [2.45, 2.75) is 12.8 Å². The molecule has 98 valence electrons. The zero-order valence-electron chi connectivity index (χ0n) is 9.68. The lowest BCUT2D eigenvalue weighted by molar-refractivity contribution is 0.0516. The summed E-state index contributed by atoms with van der Waals surface area (Å²) in [5.41, 5.74) is 0. The zero-order valence-corrected chi connectivity index (χ0v) is 10.5. The molecule has 0 aliphatic heterocycles. The first-order valence-electron chi connectivity index (χ1n) is 5.21. The number of hydrogen-bond donors (Lipinski definition) is 1. The zero-order chi connectivity index (χ0) is 12.3. The van der Waals surface area contributed by atoms with Gasteiger partial charge in [0.15, 0.2) is 0 Å². The van der Waals surface area contributed by atoms with Crippen LogP contribution in [0.3, 0.4) is 0 Å². The van der Waals surface area contributed by atoms with E-state index in [4.69, 9.17) is 19.3 Å². The Morgan fingerprint density at radius 3 is 2.06 bits per heavy atom. The molecule has 0 saturated carbocycles. The first-order valence-corrected chi connectivity index (χ1v) is 6.92. The Hall–Kier alpha value is -0.210. The second-order valence-electron chi connectivity index (χ2n) is 3.29. The summed E-state index contributed by atoms with van der Waals surface area (Å²) in [7, 11) is -1.73. The minimum Gasteiger partial charge on any atom is -0.382 e. The van der Waals surface area contributed by atoms with Crippen molar-refractivity contribution in [3.05, 3.63) is 0 Å². The van der Waals surface area contributed by atoms with E-state index in [2.05, 4.69) is 0 Å². The Morgan fingerprint density at radius 1 is 0.938 bits per heavy atom. The topological polar surface area (TPSA) is 87.8 Å². The van der Waals surface area contributed by atoms with Gasteiger partial charge in [-0.05, 0) is 12.8 Å². The lowest BCUT2D eigenvalue weighted by atomic mass is 10.5. The summed E-state index contributed by atoms with van der Waals surface area (Å²) in [5.74, 6) is -0.0304. The standard InChI is InChI=1S/C9H21NO5S/c1-13-7-8-15-5-2-4-14-6-3-9-16(10,11)12/h2-9H2,1H3,(H2,10,11,12). The molecule has 7 heteroatoms. The highest BCUT2D eigenvalue weighted by Gasteiger charge is 2.01. The molecule has 0 spiro atoms. The molecule has 0 rings (SSSR count). The molecule has 0 aromatic carbocycles. The number of sulfonamides is 1. The second kappa shape index (κ2) is 9.98. The molecule has 0 atom stereocenters. The molecule has 0 aliphatic carbocycles. The molecule has 0 bridgehead atoms. The minimum atomic E-state index is -3.35. The molecule has 0 amide bonds. The highest BCUT2D eigenvalue weighted by Crippen LogP contribution is 1.90. The van der Waals surface area contributed by atoms with Crippen molar-refractivity contribution >= 4 is 10.0 Å². The number of hydrogen-bond acceptors (Lipinski definition) is 5. The van der Waals surface area contributed by atoms with E-state index in [1.54, 1.807) is 7.11 Å².